The number of benzene rings is 3. The molecule has 3 aromatic carbocycles. The number of amides is 1. The number of nitrogens with one attached hydrogen (secondary N) is 2. The molecule has 0 bridgehead atoms. The lowest BCUT2D eigenvalue weighted by Gasteiger charge is -2.16. The van der Waals surface area contributed by atoms with Crippen molar-refractivity contribution < 1.29 is 18.7 Å². The van der Waals surface area contributed by atoms with Crippen LogP contribution in [0.4, 0.5) is 5.69 Å². The van der Waals surface area contributed by atoms with Crippen LogP contribution in [0.1, 0.15) is 6.92 Å². The predicted molar refractivity (Wildman–Crippen MR) is 137 cm³/mol. The smallest absolute Gasteiger partial charge is 0.266 e. The predicted octanol–water partition coefficient (Wildman–Crippen LogP) is 6.09. The molecule has 4 rings (SSSR count). The van der Waals surface area contributed by atoms with Gasteiger partial charge in [0.25, 0.3) is 5.91 Å². The average molecular weight is 516 g/mol. The Kier molecular flexibility index (Phi) is 7.21. The van der Waals surface area contributed by atoms with Gasteiger partial charge in [0, 0.05) is 16.3 Å². The van der Waals surface area contributed by atoms with E-state index in [1.165, 1.54) is 6.07 Å². The molecular weight excluding hydrogens is 497 g/mol. The van der Waals surface area contributed by atoms with Crippen molar-refractivity contribution >= 4 is 63.2 Å². The molecule has 10 heteroatoms. The Balaban J connectivity index is 1.39. The Bertz CT molecular complexity index is 1360. The quantitative estimate of drug-likeness (QED) is 0.300. The van der Waals surface area contributed by atoms with E-state index in [0.29, 0.717) is 38.5 Å². The SMILES string of the molecule is COc1ccc(-c2nc3cc(NC(=S)NC(=O)C(C)Oc4ccc(Cl)cc4Cl)ccc3o2)cc1. The van der Waals surface area contributed by atoms with Crippen molar-refractivity contribution in [3.63, 3.8) is 0 Å². The van der Waals surface area contributed by atoms with Crippen molar-refractivity contribution in [2.45, 2.75) is 13.0 Å². The van der Waals surface area contributed by atoms with Crippen LogP contribution in [0, 0.1) is 0 Å². The highest BCUT2D eigenvalue weighted by atomic mass is 35.5. The number of ether oxygens (including phenoxy) is 2. The summed E-state index contributed by atoms with van der Waals surface area (Å²) in [4.78, 5) is 17.0. The molecule has 0 aliphatic rings. The summed E-state index contributed by atoms with van der Waals surface area (Å²) in [6, 6.07) is 17.5. The fourth-order valence-electron chi connectivity index (χ4n) is 3.05. The zero-order valence-electron chi connectivity index (χ0n) is 18.1. The Hall–Kier alpha value is -3.33. The monoisotopic (exact) mass is 515 g/mol. The van der Waals surface area contributed by atoms with Crippen LogP contribution in [0.3, 0.4) is 0 Å². The van der Waals surface area contributed by atoms with Crippen LogP contribution in [0.15, 0.2) is 65.1 Å². The van der Waals surface area contributed by atoms with Crippen molar-refractivity contribution in [2.24, 2.45) is 0 Å². The van der Waals surface area contributed by atoms with E-state index in [1.54, 1.807) is 44.4 Å². The molecule has 0 saturated heterocycles. The van der Waals surface area contributed by atoms with Crippen molar-refractivity contribution in [1.29, 1.82) is 0 Å². The molecule has 0 aliphatic heterocycles. The maximum Gasteiger partial charge on any atom is 0.266 e. The molecular formula is C24H19Cl2N3O4S. The van der Waals surface area contributed by atoms with Gasteiger partial charge in [0.05, 0.1) is 12.1 Å². The number of anilines is 1. The van der Waals surface area contributed by atoms with Gasteiger partial charge in [0.2, 0.25) is 5.89 Å². The first-order valence-corrected chi connectivity index (χ1v) is 11.3. The first-order chi connectivity index (χ1) is 16.3. The lowest BCUT2D eigenvalue weighted by atomic mass is 10.2. The van der Waals surface area contributed by atoms with Gasteiger partial charge in [-0.1, -0.05) is 23.2 Å². The number of halogens is 2. The van der Waals surface area contributed by atoms with Gasteiger partial charge in [-0.25, -0.2) is 4.98 Å². The number of hydrogen-bond acceptors (Lipinski definition) is 6. The van der Waals surface area contributed by atoms with Crippen molar-refractivity contribution in [3.8, 4) is 23.0 Å². The van der Waals surface area contributed by atoms with Crippen LogP contribution in [0.5, 0.6) is 11.5 Å². The van der Waals surface area contributed by atoms with E-state index in [4.69, 9.17) is 49.3 Å². The minimum Gasteiger partial charge on any atom is -0.497 e. The maximum atomic E-state index is 12.5. The maximum absolute atomic E-state index is 12.5. The molecule has 174 valence electrons. The number of aromatic nitrogens is 1. The zero-order chi connectivity index (χ0) is 24.2. The summed E-state index contributed by atoms with van der Waals surface area (Å²) in [7, 11) is 1.61. The molecule has 1 atom stereocenters. The topological polar surface area (TPSA) is 85.6 Å². The molecule has 0 fully saturated rings. The Morgan fingerprint density at radius 3 is 2.56 bits per heavy atom. The molecule has 0 aliphatic carbocycles. The van der Waals surface area contributed by atoms with E-state index >= 15 is 0 Å². The van der Waals surface area contributed by atoms with Gasteiger partial charge in [-0.05, 0) is 79.8 Å². The molecule has 4 aromatic rings. The van der Waals surface area contributed by atoms with Gasteiger partial charge < -0.3 is 19.2 Å². The van der Waals surface area contributed by atoms with Crippen molar-refractivity contribution in [3.05, 3.63) is 70.7 Å². The van der Waals surface area contributed by atoms with Gasteiger partial charge in [-0.3, -0.25) is 10.1 Å². The number of rotatable bonds is 6. The second-order valence-electron chi connectivity index (χ2n) is 7.21. The minimum absolute atomic E-state index is 0.112. The highest BCUT2D eigenvalue weighted by Gasteiger charge is 2.18. The lowest BCUT2D eigenvalue weighted by molar-refractivity contribution is -0.125. The zero-order valence-corrected chi connectivity index (χ0v) is 20.4. The summed E-state index contributed by atoms with van der Waals surface area (Å²) in [6.07, 6.45) is -0.844. The molecule has 0 radical (unpaired) electrons. The lowest BCUT2D eigenvalue weighted by Crippen LogP contribution is -2.42. The van der Waals surface area contributed by atoms with Crippen LogP contribution >= 0.6 is 35.4 Å². The van der Waals surface area contributed by atoms with Gasteiger partial charge >= 0.3 is 0 Å². The van der Waals surface area contributed by atoms with Gasteiger partial charge in [0.15, 0.2) is 16.8 Å². The third-order valence-electron chi connectivity index (χ3n) is 4.79. The highest BCUT2D eigenvalue weighted by molar-refractivity contribution is 7.80. The van der Waals surface area contributed by atoms with E-state index in [9.17, 15) is 4.79 Å². The summed E-state index contributed by atoms with van der Waals surface area (Å²) in [5.74, 6) is 1.14. The first kappa shape index (κ1) is 23.8. The number of methoxy groups -OCH3 is 1. The minimum atomic E-state index is -0.844. The van der Waals surface area contributed by atoms with E-state index in [2.05, 4.69) is 15.6 Å². The normalized spacial score (nSPS) is 11.6. The van der Waals surface area contributed by atoms with Gasteiger partial charge in [-0.2, -0.15) is 0 Å². The van der Waals surface area contributed by atoms with Gasteiger partial charge in [-0.15, -0.1) is 0 Å². The van der Waals surface area contributed by atoms with E-state index in [1.807, 2.05) is 24.3 Å². The molecule has 34 heavy (non-hydrogen) atoms. The molecule has 1 aromatic heterocycles. The number of thiocarbonyl (C=S) groups is 1. The van der Waals surface area contributed by atoms with E-state index in [-0.39, 0.29) is 5.11 Å². The van der Waals surface area contributed by atoms with Crippen LogP contribution in [0.25, 0.3) is 22.6 Å². The summed E-state index contributed by atoms with van der Waals surface area (Å²) >= 11 is 17.2. The van der Waals surface area contributed by atoms with Crippen molar-refractivity contribution in [1.82, 2.24) is 10.3 Å². The largest absolute Gasteiger partial charge is 0.497 e. The summed E-state index contributed by atoms with van der Waals surface area (Å²) in [5.41, 5.74) is 2.72. The number of nitrogens with zero attached hydrogens (tertiary/aromatic N) is 1. The van der Waals surface area contributed by atoms with Crippen molar-refractivity contribution in [2.75, 3.05) is 12.4 Å². The molecule has 0 saturated carbocycles. The molecule has 2 N–H and O–H groups in total. The van der Waals surface area contributed by atoms with Crippen LogP contribution in [-0.4, -0.2) is 29.2 Å². The summed E-state index contributed by atoms with van der Waals surface area (Å²) < 4.78 is 16.6. The Labute approximate surface area is 211 Å². The Morgan fingerprint density at radius 1 is 1.09 bits per heavy atom. The number of oxazole rings is 1. The third-order valence-corrected chi connectivity index (χ3v) is 5.52. The molecule has 1 heterocycles. The molecule has 7 nitrogen and oxygen atoms in total. The first-order valence-electron chi connectivity index (χ1n) is 10.1. The molecule has 0 spiro atoms. The third kappa shape index (κ3) is 5.59. The van der Waals surface area contributed by atoms with Crippen LogP contribution in [0.2, 0.25) is 10.0 Å². The summed E-state index contributed by atoms with van der Waals surface area (Å²) in [6.45, 7) is 1.59. The highest BCUT2D eigenvalue weighted by Crippen LogP contribution is 2.29. The second-order valence-corrected chi connectivity index (χ2v) is 8.46. The molecule has 1 unspecified atom stereocenters. The number of fused-ring (bicyclic) bond motifs is 1. The number of hydrogen-bond donors (Lipinski definition) is 2. The second kappa shape index (κ2) is 10.3. The fraction of sp³-hybridized carbons (Fsp3) is 0.125. The number of carbonyl (C=O) groups excluding carboxylic acids is 1. The summed E-state index contributed by atoms with van der Waals surface area (Å²) in [5, 5.41) is 6.46. The average Bonchev–Trinajstić information content (AvgIpc) is 3.24. The Morgan fingerprint density at radius 2 is 1.85 bits per heavy atom. The van der Waals surface area contributed by atoms with Crippen LogP contribution < -0.4 is 20.1 Å². The van der Waals surface area contributed by atoms with E-state index < -0.39 is 12.0 Å². The molecule has 1 amide bonds. The van der Waals surface area contributed by atoms with E-state index in [0.717, 1.165) is 11.3 Å². The fourth-order valence-corrected chi connectivity index (χ4v) is 3.72. The van der Waals surface area contributed by atoms with Crippen LogP contribution in [-0.2, 0) is 4.79 Å². The number of carbonyl (C=O) groups is 1. The standard InChI is InChI=1S/C24H19Cl2N3O4S/c1-13(32-20-9-5-15(25)11-18(20)26)22(30)29-24(34)27-16-6-10-21-19(12-16)28-23(33-21)14-3-7-17(31-2)8-4-14/h3-13H,1-2H3,(H2,27,29,30,34). The van der Waals surface area contributed by atoms with Gasteiger partial charge in [0.1, 0.15) is 17.0 Å².